The Morgan fingerprint density at radius 3 is 2.67 bits per heavy atom. The number of carbonyl (C=O) groups is 1. The molecule has 5 nitrogen and oxygen atoms in total. The lowest BCUT2D eigenvalue weighted by Crippen LogP contribution is -1.97. The molecule has 1 aromatic carbocycles. The number of methoxy groups -OCH3 is 1. The zero-order valence-corrected chi connectivity index (χ0v) is 9.62. The molecule has 0 bridgehead atoms. The Hall–Kier alpha value is -2.56. The molecule has 0 aliphatic heterocycles. The van der Waals surface area contributed by atoms with Gasteiger partial charge < -0.3 is 14.9 Å². The van der Waals surface area contributed by atoms with Crippen molar-refractivity contribution in [3.63, 3.8) is 0 Å². The van der Waals surface area contributed by atoms with Gasteiger partial charge in [0.05, 0.1) is 13.3 Å². The number of ether oxygens (including phenoxy) is 1. The van der Waals surface area contributed by atoms with Crippen molar-refractivity contribution >= 4 is 5.97 Å². The van der Waals surface area contributed by atoms with E-state index < -0.39 is 5.97 Å². The van der Waals surface area contributed by atoms with Gasteiger partial charge in [0.15, 0.2) is 0 Å². The van der Waals surface area contributed by atoms with Crippen molar-refractivity contribution in [1.82, 2.24) is 4.98 Å². The molecule has 0 saturated heterocycles. The number of nitrogens with zero attached hydrogens (tertiary/aromatic N) is 1. The first kappa shape index (κ1) is 11.9. The maximum absolute atomic E-state index is 10.9. The first-order valence-electron chi connectivity index (χ1n) is 5.17. The van der Waals surface area contributed by atoms with Gasteiger partial charge in [0, 0.05) is 11.8 Å². The van der Waals surface area contributed by atoms with Crippen molar-refractivity contribution in [1.29, 1.82) is 0 Å². The lowest BCUT2D eigenvalue weighted by Gasteiger charge is -2.06. The minimum Gasteiger partial charge on any atom is -0.507 e. The van der Waals surface area contributed by atoms with Gasteiger partial charge in [0.1, 0.15) is 17.1 Å². The van der Waals surface area contributed by atoms with E-state index in [-0.39, 0.29) is 11.3 Å². The summed E-state index contributed by atoms with van der Waals surface area (Å²) in [4.78, 5) is 14.9. The third-order valence-electron chi connectivity index (χ3n) is 2.51. The highest BCUT2D eigenvalue weighted by atomic mass is 16.5. The molecule has 5 heteroatoms. The minimum absolute atomic E-state index is 0.143. The van der Waals surface area contributed by atoms with Crippen molar-refractivity contribution in [3.05, 3.63) is 42.2 Å². The molecule has 0 spiro atoms. The number of pyridine rings is 1. The SMILES string of the molecule is COc1cncc(-c2ccc(O)c(C(=O)O)c2)c1. The third-order valence-corrected chi connectivity index (χ3v) is 2.51. The number of carboxylic acids is 1. The van der Waals surface area contributed by atoms with Crippen LogP contribution in [-0.2, 0) is 0 Å². The molecule has 2 N–H and O–H groups in total. The van der Waals surface area contributed by atoms with Crippen LogP contribution in [0, 0.1) is 0 Å². The maximum atomic E-state index is 10.9. The van der Waals surface area contributed by atoms with Gasteiger partial charge in [-0.15, -0.1) is 0 Å². The highest BCUT2D eigenvalue weighted by molar-refractivity contribution is 5.92. The van der Waals surface area contributed by atoms with E-state index in [1.54, 1.807) is 24.5 Å². The van der Waals surface area contributed by atoms with Crippen LogP contribution < -0.4 is 4.74 Å². The zero-order chi connectivity index (χ0) is 13.1. The Labute approximate surface area is 103 Å². The molecule has 2 aromatic rings. The molecule has 0 atom stereocenters. The molecule has 1 heterocycles. The van der Waals surface area contributed by atoms with Crippen LogP contribution >= 0.6 is 0 Å². The number of phenols is 1. The standard InChI is InChI=1S/C13H11NO4/c1-18-10-4-9(6-14-7-10)8-2-3-12(15)11(5-8)13(16)17/h2-7,15H,1H3,(H,16,17). The third kappa shape index (κ3) is 2.24. The quantitative estimate of drug-likeness (QED) is 0.866. The average Bonchev–Trinajstić information content (AvgIpc) is 2.39. The van der Waals surface area contributed by atoms with Crippen LogP contribution in [0.1, 0.15) is 10.4 Å². The number of hydrogen-bond donors (Lipinski definition) is 2. The average molecular weight is 245 g/mol. The predicted molar refractivity (Wildman–Crippen MR) is 64.8 cm³/mol. The van der Waals surface area contributed by atoms with E-state index in [0.29, 0.717) is 11.3 Å². The normalized spacial score (nSPS) is 10.1. The van der Waals surface area contributed by atoms with Crippen molar-refractivity contribution in [2.75, 3.05) is 7.11 Å². The second-order valence-electron chi connectivity index (χ2n) is 3.65. The van der Waals surface area contributed by atoms with Crippen LogP contribution in [0.15, 0.2) is 36.7 Å². The van der Waals surface area contributed by atoms with Gasteiger partial charge in [-0.25, -0.2) is 4.79 Å². The van der Waals surface area contributed by atoms with Crippen LogP contribution in [-0.4, -0.2) is 28.3 Å². The van der Waals surface area contributed by atoms with Gasteiger partial charge in [-0.3, -0.25) is 4.98 Å². The number of benzene rings is 1. The first-order valence-corrected chi connectivity index (χ1v) is 5.17. The summed E-state index contributed by atoms with van der Waals surface area (Å²) in [5, 5.41) is 18.4. The van der Waals surface area contributed by atoms with E-state index in [2.05, 4.69) is 4.98 Å². The Bertz CT molecular complexity index is 595. The summed E-state index contributed by atoms with van der Waals surface area (Å²) in [5.41, 5.74) is 1.23. The van der Waals surface area contributed by atoms with Crippen molar-refractivity contribution in [2.24, 2.45) is 0 Å². The number of rotatable bonds is 3. The maximum Gasteiger partial charge on any atom is 0.339 e. The van der Waals surface area contributed by atoms with Crippen molar-refractivity contribution in [3.8, 4) is 22.6 Å². The molecule has 0 radical (unpaired) electrons. The molecule has 0 unspecified atom stereocenters. The van der Waals surface area contributed by atoms with Gasteiger partial charge in [0.2, 0.25) is 0 Å². The van der Waals surface area contributed by atoms with E-state index in [0.717, 1.165) is 5.56 Å². The van der Waals surface area contributed by atoms with Gasteiger partial charge in [-0.2, -0.15) is 0 Å². The minimum atomic E-state index is -1.18. The van der Waals surface area contributed by atoms with Crippen LogP contribution in [0.4, 0.5) is 0 Å². The molecular formula is C13H11NO4. The molecule has 2 rings (SSSR count). The largest absolute Gasteiger partial charge is 0.507 e. The molecule has 0 aliphatic rings. The van der Waals surface area contributed by atoms with Crippen molar-refractivity contribution < 1.29 is 19.7 Å². The van der Waals surface area contributed by atoms with E-state index in [9.17, 15) is 9.90 Å². The highest BCUT2D eigenvalue weighted by Gasteiger charge is 2.11. The highest BCUT2D eigenvalue weighted by Crippen LogP contribution is 2.27. The lowest BCUT2D eigenvalue weighted by molar-refractivity contribution is 0.0694. The van der Waals surface area contributed by atoms with E-state index in [1.807, 2.05) is 0 Å². The van der Waals surface area contributed by atoms with Gasteiger partial charge in [-0.05, 0) is 23.8 Å². The lowest BCUT2D eigenvalue weighted by atomic mass is 10.0. The summed E-state index contributed by atoms with van der Waals surface area (Å²) in [6.45, 7) is 0. The van der Waals surface area contributed by atoms with Crippen LogP contribution in [0.2, 0.25) is 0 Å². The van der Waals surface area contributed by atoms with E-state index in [1.165, 1.54) is 19.2 Å². The molecular weight excluding hydrogens is 234 g/mol. The number of aromatic nitrogens is 1. The molecule has 92 valence electrons. The Balaban J connectivity index is 2.50. The molecule has 1 aromatic heterocycles. The smallest absolute Gasteiger partial charge is 0.339 e. The molecule has 0 amide bonds. The second-order valence-corrected chi connectivity index (χ2v) is 3.65. The monoisotopic (exact) mass is 245 g/mol. The fourth-order valence-electron chi connectivity index (χ4n) is 1.58. The summed E-state index contributed by atoms with van der Waals surface area (Å²) in [5.74, 6) is -0.857. The van der Waals surface area contributed by atoms with Gasteiger partial charge >= 0.3 is 5.97 Å². The topological polar surface area (TPSA) is 79.7 Å². The molecule has 0 fully saturated rings. The summed E-state index contributed by atoms with van der Waals surface area (Å²) >= 11 is 0. The molecule has 0 saturated carbocycles. The number of carboxylic acid groups (broad SMARTS) is 1. The Morgan fingerprint density at radius 2 is 2.00 bits per heavy atom. The Kier molecular flexibility index (Phi) is 3.14. The van der Waals surface area contributed by atoms with E-state index >= 15 is 0 Å². The number of hydrogen-bond acceptors (Lipinski definition) is 4. The van der Waals surface area contributed by atoms with Crippen LogP contribution in [0.5, 0.6) is 11.5 Å². The number of aromatic carboxylic acids is 1. The van der Waals surface area contributed by atoms with Gasteiger partial charge in [0.25, 0.3) is 0 Å². The van der Waals surface area contributed by atoms with Gasteiger partial charge in [-0.1, -0.05) is 6.07 Å². The van der Waals surface area contributed by atoms with Crippen LogP contribution in [0.3, 0.4) is 0 Å². The summed E-state index contributed by atoms with van der Waals surface area (Å²) in [7, 11) is 1.53. The fraction of sp³-hybridized carbons (Fsp3) is 0.0769. The second kappa shape index (κ2) is 4.75. The number of aromatic hydroxyl groups is 1. The fourth-order valence-corrected chi connectivity index (χ4v) is 1.58. The first-order chi connectivity index (χ1) is 8.61. The summed E-state index contributed by atoms with van der Waals surface area (Å²) < 4.78 is 5.05. The Morgan fingerprint density at radius 1 is 1.22 bits per heavy atom. The molecule has 0 aliphatic carbocycles. The van der Waals surface area contributed by atoms with E-state index in [4.69, 9.17) is 9.84 Å². The van der Waals surface area contributed by atoms with Crippen molar-refractivity contribution in [2.45, 2.75) is 0 Å². The molecule has 18 heavy (non-hydrogen) atoms. The summed E-state index contributed by atoms with van der Waals surface area (Å²) in [6.07, 6.45) is 3.16. The zero-order valence-electron chi connectivity index (χ0n) is 9.62. The predicted octanol–water partition coefficient (Wildman–Crippen LogP) is 2.16. The summed E-state index contributed by atoms with van der Waals surface area (Å²) in [6, 6.07) is 6.11. The van der Waals surface area contributed by atoms with Crippen LogP contribution in [0.25, 0.3) is 11.1 Å².